The van der Waals surface area contributed by atoms with E-state index in [0.29, 0.717) is 17.4 Å². The maximum atomic E-state index is 13.5. The van der Waals surface area contributed by atoms with E-state index in [1.807, 2.05) is 30.3 Å². The van der Waals surface area contributed by atoms with Crippen molar-refractivity contribution >= 4 is 38.1 Å². The van der Waals surface area contributed by atoms with E-state index in [4.69, 9.17) is 4.74 Å². The van der Waals surface area contributed by atoms with Crippen LogP contribution in [0.1, 0.15) is 6.92 Å². The highest BCUT2D eigenvalue weighted by Crippen LogP contribution is 2.33. The molecule has 1 heterocycles. The van der Waals surface area contributed by atoms with E-state index >= 15 is 0 Å². The average molecular weight is 495 g/mol. The second kappa shape index (κ2) is 10.4. The Morgan fingerprint density at radius 2 is 1.59 bits per heavy atom. The first-order valence-corrected chi connectivity index (χ1v) is 12.7. The zero-order chi connectivity index (χ0) is 24.0. The van der Waals surface area contributed by atoms with E-state index in [-0.39, 0.29) is 15.7 Å². The van der Waals surface area contributed by atoms with E-state index in [1.54, 1.807) is 49.4 Å². The van der Waals surface area contributed by atoms with Crippen molar-refractivity contribution in [1.29, 1.82) is 0 Å². The number of aromatic nitrogens is 2. The lowest BCUT2D eigenvalue weighted by atomic mass is 10.2. The summed E-state index contributed by atoms with van der Waals surface area (Å²) < 4.78 is 33.7. The Kier molecular flexibility index (Phi) is 7.19. The minimum Gasteiger partial charge on any atom is -0.492 e. The predicted molar refractivity (Wildman–Crippen MR) is 133 cm³/mol. The van der Waals surface area contributed by atoms with Gasteiger partial charge in [0.15, 0.2) is 0 Å². The molecule has 4 aromatic rings. The molecule has 0 spiro atoms. The van der Waals surface area contributed by atoms with E-state index in [2.05, 4.69) is 15.5 Å². The first kappa shape index (κ1) is 23.4. The molecule has 0 aliphatic carbocycles. The molecule has 34 heavy (non-hydrogen) atoms. The van der Waals surface area contributed by atoms with Crippen LogP contribution in [0.25, 0.3) is 10.6 Å². The standard InChI is InChI=1S/C24H22N4O4S2/c1-2-32-21-16-10-9-15-20(21)28(34(30,31)19-13-7-4-8-14-19)17-22(29)25-24-27-26-23(33-24)18-11-5-3-6-12-18/h3-16H,2,17H2,1H3,(H,25,27,29). The first-order chi connectivity index (χ1) is 16.5. The fourth-order valence-corrected chi connectivity index (χ4v) is 5.44. The average Bonchev–Trinajstić information content (AvgIpc) is 3.33. The second-order valence-corrected chi connectivity index (χ2v) is 9.89. The van der Waals surface area contributed by atoms with Gasteiger partial charge in [-0.15, -0.1) is 10.2 Å². The first-order valence-electron chi connectivity index (χ1n) is 10.5. The van der Waals surface area contributed by atoms with Crippen LogP contribution in [-0.4, -0.2) is 37.7 Å². The number of carbonyl (C=O) groups excluding carboxylic acids is 1. The lowest BCUT2D eigenvalue weighted by Gasteiger charge is -2.25. The van der Waals surface area contributed by atoms with Crippen molar-refractivity contribution in [2.24, 2.45) is 0 Å². The normalized spacial score (nSPS) is 11.1. The summed E-state index contributed by atoms with van der Waals surface area (Å²) in [5.41, 5.74) is 1.14. The Balaban J connectivity index is 1.63. The Labute approximate surface area is 201 Å². The van der Waals surface area contributed by atoms with E-state index in [1.165, 1.54) is 23.5 Å². The summed E-state index contributed by atoms with van der Waals surface area (Å²) in [6, 6.07) is 24.1. The van der Waals surface area contributed by atoms with Gasteiger partial charge in [-0.1, -0.05) is 72.0 Å². The number of sulfonamides is 1. The molecule has 0 unspecified atom stereocenters. The molecule has 0 aliphatic rings. The molecule has 1 amide bonds. The quantitative estimate of drug-likeness (QED) is 0.369. The fourth-order valence-electron chi connectivity index (χ4n) is 3.22. The van der Waals surface area contributed by atoms with Crippen molar-refractivity contribution < 1.29 is 17.9 Å². The molecule has 0 saturated heterocycles. The number of hydrogen-bond acceptors (Lipinski definition) is 7. The van der Waals surface area contributed by atoms with E-state index < -0.39 is 22.5 Å². The number of para-hydroxylation sites is 2. The fraction of sp³-hybridized carbons (Fsp3) is 0.125. The zero-order valence-corrected chi connectivity index (χ0v) is 19.9. The highest BCUT2D eigenvalue weighted by atomic mass is 32.2. The number of carbonyl (C=O) groups is 1. The van der Waals surface area contributed by atoms with Gasteiger partial charge in [0.05, 0.1) is 17.2 Å². The van der Waals surface area contributed by atoms with Crippen LogP contribution in [0, 0.1) is 0 Å². The molecular formula is C24H22N4O4S2. The van der Waals surface area contributed by atoms with Crippen molar-refractivity contribution in [3.05, 3.63) is 84.9 Å². The number of amides is 1. The number of nitrogens with one attached hydrogen (secondary N) is 1. The zero-order valence-electron chi connectivity index (χ0n) is 18.3. The van der Waals surface area contributed by atoms with Gasteiger partial charge in [0.25, 0.3) is 10.0 Å². The molecule has 4 rings (SSSR count). The van der Waals surface area contributed by atoms with Crippen LogP contribution in [-0.2, 0) is 14.8 Å². The highest BCUT2D eigenvalue weighted by Gasteiger charge is 2.29. The van der Waals surface area contributed by atoms with Gasteiger partial charge < -0.3 is 4.74 Å². The molecule has 0 saturated carbocycles. The summed E-state index contributed by atoms with van der Waals surface area (Å²) in [4.78, 5) is 13.0. The molecule has 0 radical (unpaired) electrons. The van der Waals surface area contributed by atoms with Crippen LogP contribution < -0.4 is 14.4 Å². The summed E-state index contributed by atoms with van der Waals surface area (Å²) in [5, 5.41) is 11.7. The van der Waals surface area contributed by atoms with Gasteiger partial charge >= 0.3 is 0 Å². The van der Waals surface area contributed by atoms with Crippen molar-refractivity contribution in [2.75, 3.05) is 22.8 Å². The highest BCUT2D eigenvalue weighted by molar-refractivity contribution is 7.92. The third-order valence-electron chi connectivity index (χ3n) is 4.74. The van der Waals surface area contributed by atoms with Crippen LogP contribution in [0.15, 0.2) is 89.8 Å². The summed E-state index contributed by atoms with van der Waals surface area (Å²) >= 11 is 1.21. The number of nitrogens with zero attached hydrogens (tertiary/aromatic N) is 3. The summed E-state index contributed by atoms with van der Waals surface area (Å²) in [7, 11) is -4.06. The molecule has 174 valence electrons. The summed E-state index contributed by atoms with van der Waals surface area (Å²) in [5.74, 6) is -0.193. The molecule has 0 aliphatic heterocycles. The second-order valence-electron chi connectivity index (χ2n) is 7.05. The van der Waals surface area contributed by atoms with Crippen molar-refractivity contribution in [2.45, 2.75) is 11.8 Å². The SMILES string of the molecule is CCOc1ccccc1N(CC(=O)Nc1nnc(-c2ccccc2)s1)S(=O)(=O)c1ccccc1. The van der Waals surface area contributed by atoms with Gasteiger partial charge in [-0.05, 0) is 31.2 Å². The Hall–Kier alpha value is -3.76. The van der Waals surface area contributed by atoms with Crippen LogP contribution in [0.2, 0.25) is 0 Å². The molecule has 3 aromatic carbocycles. The minimum absolute atomic E-state index is 0.0661. The molecule has 1 N–H and O–H groups in total. The maximum Gasteiger partial charge on any atom is 0.264 e. The Morgan fingerprint density at radius 1 is 0.941 bits per heavy atom. The summed E-state index contributed by atoms with van der Waals surface area (Å²) in [6.07, 6.45) is 0. The third-order valence-corrected chi connectivity index (χ3v) is 7.41. The molecule has 10 heteroatoms. The number of anilines is 2. The smallest absolute Gasteiger partial charge is 0.264 e. The third kappa shape index (κ3) is 5.24. The van der Waals surface area contributed by atoms with Gasteiger partial charge in [-0.2, -0.15) is 0 Å². The van der Waals surface area contributed by atoms with Crippen LogP contribution >= 0.6 is 11.3 Å². The van der Waals surface area contributed by atoms with E-state index in [0.717, 1.165) is 9.87 Å². The van der Waals surface area contributed by atoms with Crippen molar-refractivity contribution in [1.82, 2.24) is 10.2 Å². The molecular weight excluding hydrogens is 472 g/mol. The van der Waals surface area contributed by atoms with Crippen LogP contribution in [0.5, 0.6) is 5.75 Å². The number of hydrogen-bond donors (Lipinski definition) is 1. The van der Waals surface area contributed by atoms with Crippen LogP contribution in [0.4, 0.5) is 10.8 Å². The van der Waals surface area contributed by atoms with Gasteiger partial charge in [0.1, 0.15) is 17.3 Å². The summed E-state index contributed by atoms with van der Waals surface area (Å²) in [6.45, 7) is 1.68. The van der Waals surface area contributed by atoms with Gasteiger partial charge in [-0.25, -0.2) is 8.42 Å². The molecule has 0 bridgehead atoms. The molecule has 0 atom stereocenters. The maximum absolute atomic E-state index is 13.5. The van der Waals surface area contributed by atoms with Crippen molar-refractivity contribution in [3.63, 3.8) is 0 Å². The molecule has 8 nitrogen and oxygen atoms in total. The van der Waals surface area contributed by atoms with Crippen molar-refractivity contribution in [3.8, 4) is 16.3 Å². The Morgan fingerprint density at radius 3 is 2.29 bits per heavy atom. The lowest BCUT2D eigenvalue weighted by Crippen LogP contribution is -2.38. The largest absolute Gasteiger partial charge is 0.492 e. The van der Waals surface area contributed by atoms with Gasteiger partial charge in [0, 0.05) is 5.56 Å². The lowest BCUT2D eigenvalue weighted by molar-refractivity contribution is -0.114. The molecule has 1 aromatic heterocycles. The number of rotatable bonds is 9. The number of benzene rings is 3. The number of ether oxygens (including phenoxy) is 1. The van der Waals surface area contributed by atoms with Gasteiger partial charge in [-0.3, -0.25) is 14.4 Å². The van der Waals surface area contributed by atoms with E-state index in [9.17, 15) is 13.2 Å². The predicted octanol–water partition coefficient (Wildman–Crippen LogP) is 4.44. The minimum atomic E-state index is -4.06. The van der Waals surface area contributed by atoms with Gasteiger partial charge in [0.2, 0.25) is 11.0 Å². The molecule has 0 fully saturated rings. The topological polar surface area (TPSA) is 101 Å². The van der Waals surface area contributed by atoms with Crippen LogP contribution in [0.3, 0.4) is 0 Å². The Bertz CT molecular complexity index is 1360. The monoisotopic (exact) mass is 494 g/mol.